The number of hydrogen-bond donors (Lipinski definition) is 1. The molecule has 0 aliphatic carbocycles. The van der Waals surface area contributed by atoms with Crippen LogP contribution in [0.1, 0.15) is 13.3 Å². The van der Waals surface area contributed by atoms with E-state index in [0.29, 0.717) is 0 Å². The molecule has 0 bridgehead atoms. The molecule has 1 amide bonds. The van der Waals surface area contributed by atoms with Crippen molar-refractivity contribution in [3.8, 4) is 0 Å². The van der Waals surface area contributed by atoms with Crippen molar-refractivity contribution >= 4 is 60.8 Å². The highest BCUT2D eigenvalue weighted by atomic mass is 79.9. The Morgan fingerprint density at radius 2 is 2.00 bits per heavy atom. The summed E-state index contributed by atoms with van der Waals surface area (Å²) in [6.07, 6.45) is 0.753. The summed E-state index contributed by atoms with van der Waals surface area (Å²) in [7, 11) is 0. The van der Waals surface area contributed by atoms with E-state index in [9.17, 15) is 4.79 Å². The lowest BCUT2D eigenvalue weighted by atomic mass is 10.3. The van der Waals surface area contributed by atoms with Gasteiger partial charge >= 0.3 is 0 Å². The highest BCUT2D eigenvalue weighted by Crippen LogP contribution is 2.33. The molecule has 1 atom stereocenters. The number of halogens is 1. The van der Waals surface area contributed by atoms with E-state index < -0.39 is 0 Å². The number of thiazole rings is 1. The van der Waals surface area contributed by atoms with E-state index in [1.54, 1.807) is 11.3 Å². The fraction of sp³-hybridized carbons (Fsp3) is 0.176. The topological polar surface area (TPSA) is 42.0 Å². The lowest BCUT2D eigenvalue weighted by molar-refractivity contribution is -0.115. The van der Waals surface area contributed by atoms with Gasteiger partial charge in [0.05, 0.1) is 15.5 Å². The van der Waals surface area contributed by atoms with Crippen molar-refractivity contribution in [2.24, 2.45) is 0 Å². The van der Waals surface area contributed by atoms with E-state index in [0.717, 1.165) is 31.1 Å². The molecule has 3 aromatic rings. The summed E-state index contributed by atoms with van der Waals surface area (Å²) in [5.41, 5.74) is 1.80. The van der Waals surface area contributed by atoms with Crippen LogP contribution in [0.15, 0.2) is 57.3 Å². The molecule has 23 heavy (non-hydrogen) atoms. The number of aromatic nitrogens is 1. The second-order valence-corrected chi connectivity index (χ2v) is 8.35. The van der Waals surface area contributed by atoms with Gasteiger partial charge in [-0.2, -0.15) is 0 Å². The average molecular weight is 407 g/mol. The number of hydrogen-bond acceptors (Lipinski definition) is 4. The van der Waals surface area contributed by atoms with Crippen molar-refractivity contribution in [3.05, 3.63) is 53.0 Å². The van der Waals surface area contributed by atoms with Crippen molar-refractivity contribution in [3.63, 3.8) is 0 Å². The monoisotopic (exact) mass is 406 g/mol. The molecule has 3 rings (SSSR count). The first-order valence-electron chi connectivity index (χ1n) is 7.24. The summed E-state index contributed by atoms with van der Waals surface area (Å²) < 4.78 is 3.08. The van der Waals surface area contributed by atoms with Crippen LogP contribution < -0.4 is 5.32 Å². The van der Waals surface area contributed by atoms with Crippen LogP contribution >= 0.6 is 39.0 Å². The van der Waals surface area contributed by atoms with Gasteiger partial charge in [-0.05, 0) is 42.8 Å². The van der Waals surface area contributed by atoms with Crippen LogP contribution in [0, 0.1) is 0 Å². The third-order valence-electron chi connectivity index (χ3n) is 3.29. The van der Waals surface area contributed by atoms with Gasteiger partial charge in [-0.3, -0.25) is 4.79 Å². The minimum Gasteiger partial charge on any atom is -0.325 e. The number of nitrogens with zero attached hydrogens (tertiary/aromatic N) is 1. The number of para-hydroxylation sites is 1. The van der Waals surface area contributed by atoms with E-state index in [-0.39, 0.29) is 11.2 Å². The average Bonchev–Trinajstić information content (AvgIpc) is 2.97. The summed E-state index contributed by atoms with van der Waals surface area (Å²) in [6, 6.07) is 15.6. The lowest BCUT2D eigenvalue weighted by Gasteiger charge is -2.13. The zero-order chi connectivity index (χ0) is 16.2. The molecule has 0 saturated heterocycles. The molecule has 1 unspecified atom stereocenters. The van der Waals surface area contributed by atoms with Gasteiger partial charge in [0.15, 0.2) is 4.34 Å². The van der Waals surface area contributed by atoms with Gasteiger partial charge in [0.2, 0.25) is 5.91 Å². The van der Waals surface area contributed by atoms with Crippen LogP contribution in [0.2, 0.25) is 0 Å². The molecule has 0 aliphatic rings. The highest BCUT2D eigenvalue weighted by molar-refractivity contribution is 9.10. The Hall–Kier alpha value is -1.37. The first-order chi connectivity index (χ1) is 11.2. The number of fused-ring (bicyclic) bond motifs is 1. The number of carbonyl (C=O) groups excluding carboxylic acids is 1. The van der Waals surface area contributed by atoms with E-state index in [4.69, 9.17) is 0 Å². The molecule has 0 fully saturated rings. The van der Waals surface area contributed by atoms with Crippen LogP contribution in [0.5, 0.6) is 0 Å². The number of amides is 1. The van der Waals surface area contributed by atoms with Crippen molar-refractivity contribution in [1.29, 1.82) is 0 Å². The third kappa shape index (κ3) is 4.13. The van der Waals surface area contributed by atoms with Crippen LogP contribution in [-0.4, -0.2) is 16.1 Å². The smallest absolute Gasteiger partial charge is 0.237 e. The molecule has 3 nitrogen and oxygen atoms in total. The van der Waals surface area contributed by atoms with Crippen LogP contribution in [0.4, 0.5) is 5.69 Å². The van der Waals surface area contributed by atoms with E-state index in [1.165, 1.54) is 11.8 Å². The Kier molecular flexibility index (Phi) is 5.35. The Bertz CT molecular complexity index is 784. The molecule has 0 radical (unpaired) electrons. The molecular formula is C17H15BrN2OS2. The van der Waals surface area contributed by atoms with Crippen LogP contribution in [0.3, 0.4) is 0 Å². The predicted octanol–water partition coefficient (Wildman–Crippen LogP) is 5.57. The molecule has 0 saturated carbocycles. The van der Waals surface area contributed by atoms with E-state index in [1.807, 2.05) is 49.4 Å². The van der Waals surface area contributed by atoms with Gasteiger partial charge in [-0.25, -0.2) is 4.98 Å². The van der Waals surface area contributed by atoms with Gasteiger partial charge in [-0.15, -0.1) is 11.3 Å². The first kappa shape index (κ1) is 16.5. The number of anilines is 1. The molecule has 0 spiro atoms. The van der Waals surface area contributed by atoms with Gasteiger partial charge in [-0.1, -0.05) is 46.7 Å². The summed E-state index contributed by atoms with van der Waals surface area (Å²) in [6.45, 7) is 2.02. The number of thioether (sulfide) groups is 1. The minimum absolute atomic E-state index is 0.0130. The zero-order valence-corrected chi connectivity index (χ0v) is 15.7. The molecule has 1 aromatic heterocycles. The maximum absolute atomic E-state index is 12.5. The van der Waals surface area contributed by atoms with Gasteiger partial charge in [0.1, 0.15) is 0 Å². The lowest BCUT2D eigenvalue weighted by Crippen LogP contribution is -2.24. The van der Waals surface area contributed by atoms with Crippen molar-refractivity contribution in [2.45, 2.75) is 22.9 Å². The summed E-state index contributed by atoms with van der Waals surface area (Å²) in [5, 5.41) is 2.82. The number of rotatable bonds is 5. The van der Waals surface area contributed by atoms with E-state index in [2.05, 4.69) is 32.3 Å². The Morgan fingerprint density at radius 3 is 2.70 bits per heavy atom. The first-order valence-corrected chi connectivity index (χ1v) is 9.73. The molecule has 6 heteroatoms. The molecule has 1 heterocycles. The Morgan fingerprint density at radius 1 is 1.26 bits per heavy atom. The third-order valence-corrected chi connectivity index (χ3v) is 6.32. The number of carbonyl (C=O) groups is 1. The van der Waals surface area contributed by atoms with E-state index >= 15 is 0 Å². The zero-order valence-electron chi connectivity index (χ0n) is 12.5. The SMILES string of the molecule is CCC(Sc1nc2ccccc2s1)C(=O)Nc1ccc(Br)cc1. The molecule has 0 aliphatic heterocycles. The second-order valence-electron chi connectivity index (χ2n) is 4.96. The standard InChI is InChI=1S/C17H15BrN2OS2/c1-2-14(16(21)19-12-9-7-11(18)8-10-12)22-17-20-13-5-3-4-6-15(13)23-17/h3-10,14H,2H2,1H3,(H,19,21). The number of benzene rings is 2. The normalized spacial score (nSPS) is 12.3. The van der Waals surface area contributed by atoms with Gasteiger partial charge < -0.3 is 5.32 Å². The highest BCUT2D eigenvalue weighted by Gasteiger charge is 2.20. The molecular weight excluding hydrogens is 392 g/mol. The summed E-state index contributed by atoms with van der Waals surface area (Å²) in [5.74, 6) is 0.0130. The van der Waals surface area contributed by atoms with Crippen molar-refractivity contribution in [2.75, 3.05) is 5.32 Å². The van der Waals surface area contributed by atoms with Gasteiger partial charge in [0.25, 0.3) is 0 Å². The fourth-order valence-electron chi connectivity index (χ4n) is 2.10. The predicted molar refractivity (Wildman–Crippen MR) is 102 cm³/mol. The summed E-state index contributed by atoms with van der Waals surface area (Å²) >= 11 is 6.55. The molecule has 1 N–H and O–H groups in total. The minimum atomic E-state index is -0.154. The van der Waals surface area contributed by atoms with Crippen LogP contribution in [-0.2, 0) is 4.79 Å². The van der Waals surface area contributed by atoms with Gasteiger partial charge in [0, 0.05) is 10.2 Å². The van der Waals surface area contributed by atoms with Crippen LogP contribution in [0.25, 0.3) is 10.2 Å². The fourth-order valence-corrected chi connectivity index (χ4v) is 4.60. The molecule has 2 aromatic carbocycles. The largest absolute Gasteiger partial charge is 0.325 e. The maximum atomic E-state index is 12.5. The summed E-state index contributed by atoms with van der Waals surface area (Å²) in [4.78, 5) is 17.1. The molecule has 118 valence electrons. The Balaban J connectivity index is 1.71. The number of nitrogens with one attached hydrogen (secondary N) is 1. The van der Waals surface area contributed by atoms with Crippen molar-refractivity contribution in [1.82, 2.24) is 4.98 Å². The van der Waals surface area contributed by atoms with Crippen molar-refractivity contribution < 1.29 is 4.79 Å². The Labute approximate surface area is 151 Å². The maximum Gasteiger partial charge on any atom is 0.237 e. The quantitative estimate of drug-likeness (QED) is 0.563. The second kappa shape index (κ2) is 7.47.